The highest BCUT2D eigenvalue weighted by Crippen LogP contribution is 2.40. The van der Waals surface area contributed by atoms with Crippen LogP contribution in [0.2, 0.25) is 0 Å². The molecule has 9 heteroatoms. The van der Waals surface area contributed by atoms with Crippen molar-refractivity contribution in [3.05, 3.63) is 197 Å². The van der Waals surface area contributed by atoms with Gasteiger partial charge in [-0.15, -0.1) is 11.3 Å². The van der Waals surface area contributed by atoms with E-state index in [4.69, 9.17) is 9.57 Å². The van der Waals surface area contributed by atoms with Gasteiger partial charge in [-0.25, -0.2) is 14.6 Å². The van der Waals surface area contributed by atoms with Gasteiger partial charge in [-0.3, -0.25) is 0 Å². The molecule has 5 aromatic carbocycles. The molecule has 6 rings (SSSR count). The number of hydrogen-bond donors (Lipinski definition) is 2. The van der Waals surface area contributed by atoms with Crippen molar-refractivity contribution in [3.63, 3.8) is 0 Å². The van der Waals surface area contributed by atoms with Crippen LogP contribution in [0.15, 0.2) is 168 Å². The van der Waals surface area contributed by atoms with Crippen LogP contribution in [-0.2, 0) is 24.7 Å². The number of anilines is 1. The van der Waals surface area contributed by atoms with Gasteiger partial charge in [0.1, 0.15) is 23.3 Å². The number of nitrogens with zero attached hydrogens (tertiary/aromatic N) is 2. The molecule has 0 bridgehead atoms. The summed E-state index contributed by atoms with van der Waals surface area (Å²) in [5.74, 6) is 0.313. The van der Waals surface area contributed by atoms with Gasteiger partial charge in [0, 0.05) is 5.38 Å². The Bertz CT molecular complexity index is 1900. The molecule has 0 radical (unpaired) electrons. The molecule has 0 saturated heterocycles. The molecule has 1 atom stereocenters. The molecule has 0 amide bonds. The zero-order valence-corrected chi connectivity index (χ0v) is 26.9. The molecule has 0 saturated carbocycles. The fraction of sp³-hybridized carbons (Fsp3) is 0.0750. The lowest BCUT2D eigenvalue weighted by atomic mass is 9.77. The first kappa shape index (κ1) is 32.8. The van der Waals surface area contributed by atoms with Crippen LogP contribution < -0.4 is 5.32 Å². The van der Waals surface area contributed by atoms with Crippen LogP contribution >= 0.6 is 11.3 Å². The van der Waals surface area contributed by atoms with E-state index in [9.17, 15) is 14.7 Å². The van der Waals surface area contributed by atoms with Crippen molar-refractivity contribution in [3.8, 4) is 0 Å². The predicted molar refractivity (Wildman–Crippen MR) is 190 cm³/mol. The Labute approximate surface area is 287 Å². The van der Waals surface area contributed by atoms with E-state index in [2.05, 4.69) is 15.5 Å². The fourth-order valence-electron chi connectivity index (χ4n) is 5.57. The number of ether oxygens (including phenoxy) is 1. The highest BCUT2D eigenvalue weighted by atomic mass is 32.1. The average Bonchev–Trinajstić information content (AvgIpc) is 3.62. The Balaban J connectivity index is 1.33. The number of carbonyl (C=O) groups is 1. The van der Waals surface area contributed by atoms with Gasteiger partial charge in [-0.2, -0.15) is 0 Å². The summed E-state index contributed by atoms with van der Waals surface area (Å²) >= 11 is 1.23. The maximum Gasteiger partial charge on any atom is 0.360 e. The third-order valence-electron chi connectivity index (χ3n) is 7.79. The molecule has 2 N–H and O–H groups in total. The molecule has 0 spiro atoms. The summed E-state index contributed by atoms with van der Waals surface area (Å²) in [5, 5.41) is 19.8. The van der Waals surface area contributed by atoms with Crippen LogP contribution in [0.4, 0.5) is 5.13 Å². The number of aromatic nitrogens is 1. The van der Waals surface area contributed by atoms with Crippen LogP contribution in [0.3, 0.4) is 0 Å². The largest absolute Gasteiger partial charge is 0.476 e. The third kappa shape index (κ3) is 7.56. The van der Waals surface area contributed by atoms with Gasteiger partial charge in [0.05, 0.1) is 6.08 Å². The Kier molecular flexibility index (Phi) is 10.5. The van der Waals surface area contributed by atoms with E-state index in [1.165, 1.54) is 11.3 Å². The highest BCUT2D eigenvalue weighted by Gasteiger charge is 2.37. The number of carboxylic acids is 1. The zero-order valence-electron chi connectivity index (χ0n) is 26.1. The van der Waals surface area contributed by atoms with Crippen LogP contribution in [-0.4, -0.2) is 34.0 Å². The number of hydrogen-bond acceptors (Lipinski definition) is 8. The first-order valence-corrected chi connectivity index (χ1v) is 16.3. The molecular weight excluding hydrogens is 635 g/mol. The SMILES string of the molecule is O=C=C[C@H](ON=C(C(=O)O)c1csc(NC(c2ccccc2)(c2ccccc2)c2ccccc2)n1)OC(c1ccccc1)c1ccccc1. The van der Waals surface area contributed by atoms with Crippen LogP contribution in [0.25, 0.3) is 0 Å². The molecule has 1 aromatic heterocycles. The van der Waals surface area contributed by atoms with Gasteiger partial charge in [0.2, 0.25) is 5.71 Å². The quantitative estimate of drug-likeness (QED) is 0.0401. The number of nitrogens with one attached hydrogen (secondary N) is 1. The summed E-state index contributed by atoms with van der Waals surface area (Å²) in [6, 6.07) is 48.8. The van der Waals surface area contributed by atoms with Crippen molar-refractivity contribution in [1.82, 2.24) is 4.98 Å². The molecular formula is C40H31N3O5S. The van der Waals surface area contributed by atoms with Crippen molar-refractivity contribution in [2.45, 2.75) is 17.9 Å². The normalized spacial score (nSPS) is 12.1. The molecule has 0 aliphatic heterocycles. The number of benzene rings is 5. The molecule has 0 aliphatic rings. The smallest absolute Gasteiger partial charge is 0.360 e. The highest BCUT2D eigenvalue weighted by molar-refractivity contribution is 7.14. The van der Waals surface area contributed by atoms with Gasteiger partial charge in [-0.1, -0.05) is 157 Å². The molecule has 242 valence electrons. The lowest BCUT2D eigenvalue weighted by Crippen LogP contribution is -2.38. The fourth-order valence-corrected chi connectivity index (χ4v) is 6.32. The minimum Gasteiger partial charge on any atom is -0.476 e. The number of oxime groups is 1. The van der Waals surface area contributed by atoms with Crippen molar-refractivity contribution in [2.75, 3.05) is 5.32 Å². The second-order valence-electron chi connectivity index (χ2n) is 10.9. The Morgan fingerprint density at radius 1 is 0.755 bits per heavy atom. The Morgan fingerprint density at radius 3 is 1.63 bits per heavy atom. The number of thiazole rings is 1. The second-order valence-corrected chi connectivity index (χ2v) is 11.7. The van der Waals surface area contributed by atoms with Crippen molar-refractivity contribution in [2.24, 2.45) is 5.16 Å². The summed E-state index contributed by atoms with van der Waals surface area (Å²) in [4.78, 5) is 34.2. The van der Waals surface area contributed by atoms with Gasteiger partial charge >= 0.3 is 5.97 Å². The average molecular weight is 666 g/mol. The molecule has 0 unspecified atom stereocenters. The van der Waals surface area contributed by atoms with E-state index < -0.39 is 29.6 Å². The Morgan fingerprint density at radius 2 is 1.20 bits per heavy atom. The summed E-state index contributed by atoms with van der Waals surface area (Å²) in [6.07, 6.45) is -0.989. The van der Waals surface area contributed by atoms with Crippen molar-refractivity contribution < 1.29 is 24.3 Å². The number of carboxylic acid groups (broad SMARTS) is 1. The topological polar surface area (TPSA) is 110 Å². The number of aliphatic carboxylic acids is 1. The van der Waals surface area contributed by atoms with Crippen molar-refractivity contribution in [1.29, 1.82) is 0 Å². The molecule has 0 fully saturated rings. The molecule has 6 aromatic rings. The summed E-state index contributed by atoms with van der Waals surface area (Å²) < 4.78 is 6.18. The third-order valence-corrected chi connectivity index (χ3v) is 8.55. The first-order chi connectivity index (χ1) is 24.1. The first-order valence-electron chi connectivity index (χ1n) is 15.4. The van der Waals surface area contributed by atoms with E-state index in [0.29, 0.717) is 5.13 Å². The summed E-state index contributed by atoms with van der Waals surface area (Å²) in [6.45, 7) is 0. The monoisotopic (exact) mass is 665 g/mol. The molecule has 0 aliphatic carbocycles. The van der Waals surface area contributed by atoms with Crippen LogP contribution in [0.5, 0.6) is 0 Å². The predicted octanol–water partition coefficient (Wildman–Crippen LogP) is 7.87. The lowest BCUT2D eigenvalue weighted by molar-refractivity contribution is -0.136. The standard InChI is InChI=1S/C40H31N3O5S/c44-27-26-35(47-37(29-16-6-1-7-17-29)30-18-8-2-9-19-30)48-43-36(38(45)46)34-28-49-39(41-34)42-40(31-20-10-3-11-21-31,32-22-12-4-13-23-32)33-24-14-5-15-25-33/h1-26,28,35,37H,(H,41,42)(H,45,46)/t35-/m0/s1. The second kappa shape index (κ2) is 15.6. The van der Waals surface area contributed by atoms with Crippen molar-refractivity contribution >= 4 is 34.1 Å². The summed E-state index contributed by atoms with van der Waals surface area (Å²) in [5.41, 5.74) is 3.24. The maximum absolute atomic E-state index is 12.5. The molecule has 1 heterocycles. The van der Waals surface area contributed by atoms with E-state index in [1.54, 1.807) is 11.3 Å². The zero-order chi connectivity index (χ0) is 33.9. The van der Waals surface area contributed by atoms with E-state index >= 15 is 0 Å². The summed E-state index contributed by atoms with van der Waals surface area (Å²) in [7, 11) is 0. The van der Waals surface area contributed by atoms with E-state index in [-0.39, 0.29) is 5.69 Å². The van der Waals surface area contributed by atoms with Gasteiger partial charge in [0.25, 0.3) is 6.29 Å². The number of carbonyl (C=O) groups excluding carboxylic acids is 1. The lowest BCUT2D eigenvalue weighted by Gasteiger charge is -2.36. The van der Waals surface area contributed by atoms with Gasteiger partial charge in [0.15, 0.2) is 5.13 Å². The van der Waals surface area contributed by atoms with E-state index in [0.717, 1.165) is 33.9 Å². The Hall–Kier alpha value is -6.12. The van der Waals surface area contributed by atoms with Gasteiger partial charge < -0.3 is 20.0 Å². The van der Waals surface area contributed by atoms with E-state index in [1.807, 2.05) is 152 Å². The number of rotatable bonds is 14. The molecule has 49 heavy (non-hydrogen) atoms. The molecule has 8 nitrogen and oxygen atoms in total. The minimum atomic E-state index is -1.37. The van der Waals surface area contributed by atoms with Gasteiger partial charge in [-0.05, 0) is 27.8 Å². The van der Waals surface area contributed by atoms with Crippen LogP contribution in [0.1, 0.15) is 39.6 Å². The minimum absolute atomic E-state index is 0.0691. The maximum atomic E-state index is 12.5. The van der Waals surface area contributed by atoms with Crippen LogP contribution in [0, 0.1) is 0 Å².